The fourth-order valence-corrected chi connectivity index (χ4v) is 2.20. The van der Waals surface area contributed by atoms with E-state index in [0.717, 1.165) is 0 Å². The molecule has 0 aromatic heterocycles. The summed E-state index contributed by atoms with van der Waals surface area (Å²) in [6.07, 6.45) is 1.83. The van der Waals surface area contributed by atoms with E-state index in [1.54, 1.807) is 0 Å². The van der Waals surface area contributed by atoms with Crippen LogP contribution < -0.4 is 0 Å². The van der Waals surface area contributed by atoms with Gasteiger partial charge in [-0.25, -0.2) is 0 Å². The molecular formula is C10H6N2S. The summed E-state index contributed by atoms with van der Waals surface area (Å²) in [6.45, 7) is 0. The van der Waals surface area contributed by atoms with Crippen molar-refractivity contribution >= 4 is 22.3 Å². The lowest BCUT2D eigenvalue weighted by molar-refractivity contribution is 1.13. The number of nitrogens with zero attached hydrogens (tertiary/aromatic N) is 2. The van der Waals surface area contributed by atoms with Gasteiger partial charge in [-0.1, -0.05) is 28.8 Å². The van der Waals surface area contributed by atoms with Gasteiger partial charge >= 0.3 is 0 Å². The molecule has 1 aliphatic carbocycles. The van der Waals surface area contributed by atoms with Crippen molar-refractivity contribution in [2.75, 3.05) is 0 Å². The van der Waals surface area contributed by atoms with Gasteiger partial charge in [0.25, 0.3) is 0 Å². The zero-order valence-corrected chi connectivity index (χ0v) is 7.58. The van der Waals surface area contributed by atoms with Crippen molar-refractivity contribution in [1.29, 1.82) is 0 Å². The van der Waals surface area contributed by atoms with Gasteiger partial charge in [0.05, 0.1) is 11.1 Å². The molecule has 0 N–H and O–H groups in total. The van der Waals surface area contributed by atoms with Crippen molar-refractivity contribution in [2.45, 2.75) is 0 Å². The molecule has 1 aliphatic heterocycles. The van der Waals surface area contributed by atoms with E-state index in [0.29, 0.717) is 0 Å². The van der Waals surface area contributed by atoms with Crippen molar-refractivity contribution in [3.63, 3.8) is 0 Å². The Morgan fingerprint density at radius 2 is 2.08 bits per heavy atom. The Bertz CT molecular complexity index is 529. The molecule has 2 aliphatic rings. The van der Waals surface area contributed by atoms with Crippen LogP contribution in [0.2, 0.25) is 0 Å². The first kappa shape index (κ1) is 6.97. The molecular weight excluding hydrogens is 180 g/mol. The average Bonchev–Trinajstić information content (AvgIpc) is 2.56. The maximum Gasteiger partial charge on any atom is 0.0599 e. The van der Waals surface area contributed by atoms with Gasteiger partial charge in [0.2, 0.25) is 0 Å². The normalized spacial score (nSPS) is 11.1. The largest absolute Gasteiger partial charge is 0.147 e. The summed E-state index contributed by atoms with van der Waals surface area (Å²) in [5.74, 6) is 0. The highest BCUT2D eigenvalue weighted by atomic mass is 32.1. The Balaban J connectivity index is 2.56. The lowest BCUT2D eigenvalue weighted by Gasteiger charge is -1.93. The predicted octanol–water partition coefficient (Wildman–Crippen LogP) is 2.80. The summed E-state index contributed by atoms with van der Waals surface area (Å²) in [6, 6.07) is 10.5. The highest BCUT2D eigenvalue weighted by molar-refractivity contribution is 7.09. The van der Waals surface area contributed by atoms with Crippen LogP contribution in [0.25, 0.3) is 21.2 Å². The average molecular weight is 186 g/mol. The molecule has 0 amide bonds. The summed E-state index contributed by atoms with van der Waals surface area (Å²) >= 11 is 1.44. The molecule has 1 aromatic rings. The van der Waals surface area contributed by atoms with Crippen molar-refractivity contribution < 1.29 is 0 Å². The van der Waals surface area contributed by atoms with Crippen LogP contribution in [-0.2, 0) is 0 Å². The molecule has 0 unspecified atom stereocenters. The van der Waals surface area contributed by atoms with Crippen LogP contribution in [0.1, 0.15) is 0 Å². The van der Waals surface area contributed by atoms with E-state index in [9.17, 15) is 0 Å². The van der Waals surface area contributed by atoms with Gasteiger partial charge in [-0.15, -0.1) is 5.10 Å². The van der Waals surface area contributed by atoms with Gasteiger partial charge in [0, 0.05) is 5.56 Å². The van der Waals surface area contributed by atoms with Crippen LogP contribution >= 0.6 is 11.5 Å². The summed E-state index contributed by atoms with van der Waals surface area (Å²) in [5, 5.41) is 6.44. The van der Waals surface area contributed by atoms with Crippen LogP contribution in [0.3, 0.4) is 0 Å². The molecule has 0 fully saturated rings. The molecule has 62 valence electrons. The van der Waals surface area contributed by atoms with Crippen LogP contribution in [-0.4, -0.2) is 9.59 Å². The zero-order valence-electron chi connectivity index (χ0n) is 6.77. The van der Waals surface area contributed by atoms with E-state index >= 15 is 0 Å². The van der Waals surface area contributed by atoms with Crippen LogP contribution in [0.15, 0.2) is 36.5 Å². The molecule has 0 saturated heterocycles. The van der Waals surface area contributed by atoms with Crippen molar-refractivity contribution in [3.05, 3.63) is 36.5 Å². The number of hydrogen-bond acceptors (Lipinski definition) is 3. The second-order valence-electron chi connectivity index (χ2n) is 2.93. The third-order valence-electron chi connectivity index (χ3n) is 2.18. The zero-order chi connectivity index (χ0) is 8.67. The minimum absolute atomic E-state index is 1.20. The molecule has 0 radical (unpaired) electrons. The fourth-order valence-electron chi connectivity index (χ4n) is 1.58. The summed E-state index contributed by atoms with van der Waals surface area (Å²) in [4.78, 5) is 1.20. The van der Waals surface area contributed by atoms with Crippen molar-refractivity contribution in [3.8, 4) is 10.4 Å². The lowest BCUT2D eigenvalue weighted by atomic mass is 10.2. The number of hydrogen-bond donors (Lipinski definition) is 0. The molecule has 1 heterocycles. The maximum absolute atomic E-state index is 3.90. The Morgan fingerprint density at radius 1 is 1.15 bits per heavy atom. The van der Waals surface area contributed by atoms with Crippen LogP contribution in [0.4, 0.5) is 0 Å². The van der Waals surface area contributed by atoms with Crippen LogP contribution in [0, 0.1) is 0 Å². The predicted molar refractivity (Wildman–Crippen MR) is 54.0 cm³/mol. The monoisotopic (exact) mass is 186 g/mol. The van der Waals surface area contributed by atoms with Crippen molar-refractivity contribution in [2.24, 2.45) is 0 Å². The van der Waals surface area contributed by atoms with E-state index in [1.807, 2.05) is 18.3 Å². The molecule has 1 aromatic carbocycles. The molecule has 2 nitrogen and oxygen atoms in total. The SMILES string of the molecule is c1ccc2c3cnnsc-3cc2c1. The standard InChI is InChI=1S/C10H6N2S/c1-2-4-8-7(3-1)5-10-9(8)6-11-12-13-10/h1-6H. The molecule has 13 heavy (non-hydrogen) atoms. The lowest BCUT2D eigenvalue weighted by Crippen LogP contribution is -1.76. The van der Waals surface area contributed by atoms with Gasteiger partial charge in [-0.05, 0) is 28.4 Å². The maximum atomic E-state index is 3.90. The minimum atomic E-state index is 1.20. The smallest absolute Gasteiger partial charge is 0.0599 e. The van der Waals surface area contributed by atoms with Gasteiger partial charge < -0.3 is 0 Å². The summed E-state index contributed by atoms with van der Waals surface area (Å²) in [7, 11) is 0. The molecule has 0 bridgehead atoms. The third-order valence-corrected chi connectivity index (χ3v) is 2.89. The topological polar surface area (TPSA) is 25.8 Å². The summed E-state index contributed by atoms with van der Waals surface area (Å²) in [5.41, 5.74) is 1.20. The molecule has 0 spiro atoms. The number of rotatable bonds is 0. The van der Waals surface area contributed by atoms with Gasteiger partial charge in [-0.3, -0.25) is 0 Å². The number of benzene rings is 1. The number of aromatic nitrogens is 2. The highest BCUT2D eigenvalue weighted by Crippen LogP contribution is 2.34. The first-order valence-electron chi connectivity index (χ1n) is 4.04. The van der Waals surface area contributed by atoms with E-state index in [2.05, 4.69) is 27.8 Å². The molecule has 0 atom stereocenters. The van der Waals surface area contributed by atoms with Crippen molar-refractivity contribution in [1.82, 2.24) is 9.59 Å². The first-order chi connectivity index (χ1) is 6.45. The Kier molecular flexibility index (Phi) is 1.34. The molecule has 3 heteroatoms. The van der Waals surface area contributed by atoms with E-state index in [4.69, 9.17) is 0 Å². The first-order valence-corrected chi connectivity index (χ1v) is 4.81. The molecule has 0 saturated carbocycles. The quantitative estimate of drug-likeness (QED) is 0.539. The molecule has 3 rings (SSSR count). The van der Waals surface area contributed by atoms with Gasteiger partial charge in [-0.2, -0.15) is 0 Å². The fraction of sp³-hybridized carbons (Fsp3) is 0. The summed E-state index contributed by atoms with van der Waals surface area (Å²) < 4.78 is 3.90. The number of fused-ring (bicyclic) bond motifs is 3. The van der Waals surface area contributed by atoms with Crippen LogP contribution in [0.5, 0.6) is 0 Å². The van der Waals surface area contributed by atoms with Gasteiger partial charge in [0.15, 0.2) is 0 Å². The second kappa shape index (κ2) is 2.50. The Hall–Kier alpha value is -1.48. The second-order valence-corrected chi connectivity index (χ2v) is 3.71. The Morgan fingerprint density at radius 3 is 3.08 bits per heavy atom. The minimum Gasteiger partial charge on any atom is -0.147 e. The Labute approximate surface area is 79.3 Å². The van der Waals surface area contributed by atoms with E-state index in [-0.39, 0.29) is 0 Å². The van der Waals surface area contributed by atoms with E-state index in [1.165, 1.54) is 32.7 Å². The highest BCUT2D eigenvalue weighted by Gasteiger charge is 2.09. The third kappa shape index (κ3) is 0.939. The van der Waals surface area contributed by atoms with E-state index < -0.39 is 0 Å². The van der Waals surface area contributed by atoms with Gasteiger partial charge in [0.1, 0.15) is 0 Å².